The molecule has 0 bridgehead atoms. The van der Waals surface area contributed by atoms with Crippen LogP contribution >= 0.6 is 39.0 Å². The van der Waals surface area contributed by atoms with Gasteiger partial charge < -0.3 is 4.74 Å². The third-order valence-electron chi connectivity index (χ3n) is 4.12. The molecule has 1 aromatic carbocycles. The first-order valence-electron chi connectivity index (χ1n) is 8.07. The molecule has 3 nitrogen and oxygen atoms in total. The molecule has 1 aliphatic rings. The van der Waals surface area contributed by atoms with E-state index in [1.807, 2.05) is 35.6 Å². The van der Waals surface area contributed by atoms with E-state index in [0.717, 1.165) is 25.8 Å². The van der Waals surface area contributed by atoms with Crippen molar-refractivity contribution in [2.24, 2.45) is 0 Å². The van der Waals surface area contributed by atoms with Crippen molar-refractivity contribution < 1.29 is 4.74 Å². The lowest BCUT2D eigenvalue weighted by atomic mass is 9.97. The Kier molecular flexibility index (Phi) is 5.06. The largest absolute Gasteiger partial charge is 0.493 e. The van der Waals surface area contributed by atoms with Gasteiger partial charge in [0.2, 0.25) is 0 Å². The van der Waals surface area contributed by atoms with Crippen LogP contribution in [0.1, 0.15) is 23.3 Å². The van der Waals surface area contributed by atoms with Crippen molar-refractivity contribution in [3.63, 3.8) is 0 Å². The summed E-state index contributed by atoms with van der Waals surface area (Å²) in [6, 6.07) is 7.95. The summed E-state index contributed by atoms with van der Waals surface area (Å²) in [6.07, 6.45) is 6.66. The molecule has 2 aromatic heterocycles. The van der Waals surface area contributed by atoms with E-state index in [1.165, 1.54) is 41.5 Å². The van der Waals surface area contributed by atoms with E-state index in [-0.39, 0.29) is 0 Å². The van der Waals surface area contributed by atoms with E-state index in [4.69, 9.17) is 4.74 Å². The molecule has 0 saturated carbocycles. The van der Waals surface area contributed by atoms with Crippen LogP contribution in [-0.2, 0) is 12.8 Å². The summed E-state index contributed by atoms with van der Waals surface area (Å²) in [7, 11) is 0. The van der Waals surface area contributed by atoms with Crippen LogP contribution in [0.3, 0.4) is 0 Å². The maximum Gasteiger partial charge on any atom is 0.128 e. The third kappa shape index (κ3) is 3.46. The minimum absolute atomic E-state index is 0.671. The van der Waals surface area contributed by atoms with Crippen LogP contribution in [0.4, 0.5) is 0 Å². The van der Waals surface area contributed by atoms with Crippen LogP contribution in [0.2, 0.25) is 0 Å². The van der Waals surface area contributed by atoms with E-state index in [9.17, 15) is 0 Å². The average molecular weight is 421 g/mol. The van der Waals surface area contributed by atoms with E-state index < -0.39 is 0 Å². The lowest BCUT2D eigenvalue weighted by Crippen LogP contribution is -2.01. The van der Waals surface area contributed by atoms with Gasteiger partial charge in [0.05, 0.1) is 6.61 Å². The highest BCUT2D eigenvalue weighted by molar-refractivity contribution is 9.10. The van der Waals surface area contributed by atoms with Gasteiger partial charge in [0.1, 0.15) is 21.9 Å². The molecule has 124 valence electrons. The van der Waals surface area contributed by atoms with Crippen LogP contribution in [-0.4, -0.2) is 22.3 Å². The molecule has 0 atom stereocenters. The maximum absolute atomic E-state index is 5.81. The molecule has 24 heavy (non-hydrogen) atoms. The quantitative estimate of drug-likeness (QED) is 0.309. The second-order valence-electron chi connectivity index (χ2n) is 5.72. The number of hydrogen-bond donors (Lipinski definition) is 0. The molecule has 3 aromatic rings. The number of thiophene rings is 1. The van der Waals surface area contributed by atoms with Crippen molar-refractivity contribution in [2.45, 2.75) is 30.7 Å². The highest BCUT2D eigenvalue weighted by Crippen LogP contribution is 2.39. The Morgan fingerprint density at radius 2 is 1.96 bits per heavy atom. The fourth-order valence-corrected chi connectivity index (χ4v) is 5.40. The number of ether oxygens (including phenoxy) is 1. The van der Waals surface area contributed by atoms with E-state index in [0.29, 0.717) is 6.61 Å². The molecule has 0 saturated heterocycles. The predicted molar refractivity (Wildman–Crippen MR) is 104 cm³/mol. The smallest absolute Gasteiger partial charge is 0.128 e. The van der Waals surface area contributed by atoms with Gasteiger partial charge in [-0.15, -0.1) is 23.1 Å². The molecule has 0 radical (unpaired) electrons. The molecule has 0 unspecified atom stereocenters. The maximum atomic E-state index is 5.81. The number of aryl methyl sites for hydroxylation is 2. The molecule has 1 aliphatic carbocycles. The van der Waals surface area contributed by atoms with Crippen molar-refractivity contribution in [3.8, 4) is 5.75 Å². The van der Waals surface area contributed by atoms with Crippen molar-refractivity contribution in [2.75, 3.05) is 12.4 Å². The summed E-state index contributed by atoms with van der Waals surface area (Å²) in [5.41, 5.74) is 1.50. The van der Waals surface area contributed by atoms with Crippen molar-refractivity contribution in [1.82, 2.24) is 9.97 Å². The normalized spacial score (nSPS) is 13.9. The first-order chi connectivity index (χ1) is 11.8. The van der Waals surface area contributed by atoms with Gasteiger partial charge in [-0.1, -0.05) is 15.9 Å². The Morgan fingerprint density at radius 1 is 1.12 bits per heavy atom. The van der Waals surface area contributed by atoms with Crippen molar-refractivity contribution in [3.05, 3.63) is 45.5 Å². The zero-order chi connectivity index (χ0) is 16.4. The Morgan fingerprint density at radius 3 is 2.83 bits per heavy atom. The molecule has 0 amide bonds. The molecular weight excluding hydrogens is 404 g/mol. The second-order valence-corrected chi connectivity index (χ2v) is 8.80. The molecule has 4 rings (SSSR count). The second kappa shape index (κ2) is 7.42. The first-order valence-corrected chi connectivity index (χ1v) is 10.7. The predicted octanol–water partition coefficient (Wildman–Crippen LogP) is 5.50. The number of halogens is 1. The van der Waals surface area contributed by atoms with Gasteiger partial charge in [-0.05, 0) is 55.5 Å². The Bertz CT molecular complexity index is 848. The van der Waals surface area contributed by atoms with Gasteiger partial charge in [-0.2, -0.15) is 0 Å². The molecule has 0 fully saturated rings. The molecule has 0 spiro atoms. The van der Waals surface area contributed by atoms with E-state index in [2.05, 4.69) is 25.9 Å². The Balaban J connectivity index is 1.44. The number of hydrogen-bond acceptors (Lipinski definition) is 5. The molecule has 6 heteroatoms. The van der Waals surface area contributed by atoms with Crippen LogP contribution in [0, 0.1) is 0 Å². The van der Waals surface area contributed by atoms with Gasteiger partial charge in [0, 0.05) is 20.5 Å². The number of rotatable bonds is 5. The van der Waals surface area contributed by atoms with Crippen LogP contribution in [0.25, 0.3) is 10.2 Å². The van der Waals surface area contributed by atoms with Crippen molar-refractivity contribution in [1.29, 1.82) is 0 Å². The summed E-state index contributed by atoms with van der Waals surface area (Å²) in [5.74, 6) is 1.78. The Hall–Kier alpha value is -1.11. The van der Waals surface area contributed by atoms with Gasteiger partial charge >= 0.3 is 0 Å². The zero-order valence-electron chi connectivity index (χ0n) is 13.1. The van der Waals surface area contributed by atoms with Gasteiger partial charge in [-0.25, -0.2) is 9.97 Å². The summed E-state index contributed by atoms with van der Waals surface area (Å²) >= 11 is 7.06. The lowest BCUT2D eigenvalue weighted by Gasteiger charge is -2.11. The summed E-state index contributed by atoms with van der Waals surface area (Å²) in [5, 5.41) is 2.41. The van der Waals surface area contributed by atoms with E-state index >= 15 is 0 Å². The fourth-order valence-electron chi connectivity index (χ4n) is 3.00. The topological polar surface area (TPSA) is 35.0 Å². The monoisotopic (exact) mass is 420 g/mol. The average Bonchev–Trinajstić information content (AvgIpc) is 2.99. The molecule has 0 N–H and O–H groups in total. The van der Waals surface area contributed by atoms with Crippen molar-refractivity contribution >= 4 is 49.2 Å². The van der Waals surface area contributed by atoms with Crippen LogP contribution < -0.4 is 4.74 Å². The van der Waals surface area contributed by atoms with E-state index in [1.54, 1.807) is 18.1 Å². The molecular formula is C18H17BrN2OS2. The minimum Gasteiger partial charge on any atom is -0.493 e. The highest BCUT2D eigenvalue weighted by atomic mass is 79.9. The zero-order valence-corrected chi connectivity index (χ0v) is 16.3. The standard InChI is InChI=1S/C18H17BrN2OS2/c19-12-5-7-13(8-6-12)22-9-10-23-17-16-14-3-1-2-4-15(14)24-18(16)21-11-20-17/h5-8,11H,1-4,9-10H2. The third-order valence-corrected chi connectivity index (χ3v) is 6.80. The number of fused-ring (bicyclic) bond motifs is 3. The lowest BCUT2D eigenvalue weighted by molar-refractivity contribution is 0.344. The minimum atomic E-state index is 0.671. The number of thioether (sulfide) groups is 1. The highest BCUT2D eigenvalue weighted by Gasteiger charge is 2.19. The number of nitrogens with zero attached hydrogens (tertiary/aromatic N) is 2. The van der Waals surface area contributed by atoms with Crippen LogP contribution in [0.5, 0.6) is 5.75 Å². The number of benzene rings is 1. The summed E-state index contributed by atoms with van der Waals surface area (Å²) in [4.78, 5) is 11.7. The van der Waals surface area contributed by atoms with Gasteiger partial charge in [0.25, 0.3) is 0 Å². The fraction of sp³-hybridized carbons (Fsp3) is 0.333. The van der Waals surface area contributed by atoms with Crippen LogP contribution in [0.15, 0.2) is 40.1 Å². The summed E-state index contributed by atoms with van der Waals surface area (Å²) in [6.45, 7) is 0.671. The van der Waals surface area contributed by atoms with Gasteiger partial charge in [0.15, 0.2) is 0 Å². The molecule has 0 aliphatic heterocycles. The Labute approximate surface area is 158 Å². The first kappa shape index (κ1) is 16.4. The molecule has 2 heterocycles. The van der Waals surface area contributed by atoms with Gasteiger partial charge in [-0.3, -0.25) is 0 Å². The number of aromatic nitrogens is 2. The summed E-state index contributed by atoms with van der Waals surface area (Å²) < 4.78 is 6.87. The SMILES string of the molecule is Brc1ccc(OCCSc2ncnc3sc4c(c23)CCCC4)cc1.